The van der Waals surface area contributed by atoms with Crippen molar-refractivity contribution >= 4 is 27.7 Å². The summed E-state index contributed by atoms with van der Waals surface area (Å²) in [5.41, 5.74) is 0.328. The van der Waals surface area contributed by atoms with Crippen LogP contribution in [0.15, 0.2) is 46.9 Å². The highest BCUT2D eigenvalue weighted by Crippen LogP contribution is 2.35. The minimum absolute atomic E-state index is 0.0231. The summed E-state index contributed by atoms with van der Waals surface area (Å²) in [7, 11) is -2.77. The molecule has 0 bridgehead atoms. The number of methoxy groups -OCH3 is 1. The number of nitrogens with one attached hydrogen (secondary N) is 1. The SMILES string of the molecule is C=C[C@@H]1[C@H](CC(=O)OC)/C(=N/NS(=O)(=O)c2ccc(C)cc2)[C@@H](OC(C)(C)C)O[C@@H]1COC(C)=O. The van der Waals surface area contributed by atoms with E-state index < -0.39 is 51.8 Å². The summed E-state index contributed by atoms with van der Waals surface area (Å²) in [4.78, 5) is 26.0. The van der Waals surface area contributed by atoms with Crippen molar-refractivity contribution in [1.29, 1.82) is 0 Å². The van der Waals surface area contributed by atoms with Gasteiger partial charge < -0.3 is 18.9 Å². The van der Waals surface area contributed by atoms with Crippen LogP contribution in [0.4, 0.5) is 0 Å². The number of rotatable bonds is 9. The van der Waals surface area contributed by atoms with Crippen LogP contribution in [-0.4, -0.2) is 57.8 Å². The van der Waals surface area contributed by atoms with Gasteiger partial charge in [0.05, 0.1) is 29.7 Å². The van der Waals surface area contributed by atoms with Crippen molar-refractivity contribution in [3.05, 3.63) is 42.5 Å². The number of carbonyl (C=O) groups is 2. The van der Waals surface area contributed by atoms with Gasteiger partial charge in [0, 0.05) is 18.8 Å². The molecule has 1 aliphatic heterocycles. The molecule has 1 heterocycles. The molecule has 1 aromatic carbocycles. The normalized spacial score (nSPS) is 24.0. The minimum atomic E-state index is -4.02. The van der Waals surface area contributed by atoms with E-state index in [0.717, 1.165) is 5.56 Å². The zero-order chi connectivity index (χ0) is 26.4. The van der Waals surface area contributed by atoms with Gasteiger partial charge >= 0.3 is 11.9 Å². The molecule has 194 valence electrons. The van der Waals surface area contributed by atoms with Gasteiger partial charge in [0.2, 0.25) is 0 Å². The summed E-state index contributed by atoms with van der Waals surface area (Å²) in [6.45, 7) is 12.2. The van der Waals surface area contributed by atoms with Crippen LogP contribution in [-0.2, 0) is 38.6 Å². The number of hydrogen-bond donors (Lipinski definition) is 1. The highest BCUT2D eigenvalue weighted by molar-refractivity contribution is 7.89. The molecule has 1 saturated heterocycles. The first-order valence-electron chi connectivity index (χ1n) is 11.1. The molecule has 10 nitrogen and oxygen atoms in total. The van der Waals surface area contributed by atoms with Crippen LogP contribution in [0.1, 0.15) is 39.7 Å². The van der Waals surface area contributed by atoms with E-state index in [0.29, 0.717) is 0 Å². The summed E-state index contributed by atoms with van der Waals surface area (Å²) in [5.74, 6) is -2.31. The van der Waals surface area contributed by atoms with Gasteiger partial charge in [-0.3, -0.25) is 9.59 Å². The summed E-state index contributed by atoms with van der Waals surface area (Å²) < 4.78 is 47.9. The molecule has 0 aliphatic carbocycles. The molecular formula is C24H34N2O8S. The largest absolute Gasteiger partial charge is 0.469 e. The number of hydrogen-bond acceptors (Lipinski definition) is 9. The Bertz CT molecular complexity index is 1040. The Morgan fingerprint density at radius 2 is 1.86 bits per heavy atom. The summed E-state index contributed by atoms with van der Waals surface area (Å²) in [6.07, 6.45) is -0.449. The Morgan fingerprint density at radius 1 is 1.23 bits per heavy atom. The van der Waals surface area contributed by atoms with Crippen LogP contribution in [0.5, 0.6) is 0 Å². The molecule has 0 spiro atoms. The third-order valence-corrected chi connectivity index (χ3v) is 6.46. The maximum Gasteiger partial charge on any atom is 0.306 e. The Morgan fingerprint density at radius 3 is 2.37 bits per heavy atom. The van der Waals surface area contributed by atoms with E-state index in [-0.39, 0.29) is 23.6 Å². The van der Waals surface area contributed by atoms with Crippen molar-refractivity contribution in [2.24, 2.45) is 16.9 Å². The number of aryl methyl sites for hydroxylation is 1. The van der Waals surface area contributed by atoms with Crippen LogP contribution in [0.2, 0.25) is 0 Å². The van der Waals surface area contributed by atoms with E-state index in [2.05, 4.69) is 16.5 Å². The molecule has 1 aromatic rings. The van der Waals surface area contributed by atoms with Gasteiger partial charge in [-0.05, 0) is 39.8 Å². The second kappa shape index (κ2) is 11.8. The Labute approximate surface area is 206 Å². The highest BCUT2D eigenvalue weighted by atomic mass is 32.2. The van der Waals surface area contributed by atoms with Crippen LogP contribution in [0.3, 0.4) is 0 Å². The van der Waals surface area contributed by atoms with Gasteiger partial charge in [-0.2, -0.15) is 18.4 Å². The zero-order valence-electron chi connectivity index (χ0n) is 20.9. The third kappa shape index (κ3) is 8.15. The molecule has 1 fully saturated rings. The molecular weight excluding hydrogens is 476 g/mol. The molecule has 0 saturated carbocycles. The second-order valence-electron chi connectivity index (χ2n) is 9.18. The monoisotopic (exact) mass is 510 g/mol. The molecule has 0 radical (unpaired) electrons. The van der Waals surface area contributed by atoms with Crippen LogP contribution >= 0.6 is 0 Å². The lowest BCUT2D eigenvalue weighted by Gasteiger charge is -2.42. The average Bonchev–Trinajstić information content (AvgIpc) is 2.76. The van der Waals surface area contributed by atoms with Crippen LogP contribution in [0, 0.1) is 18.8 Å². The molecule has 11 heteroatoms. The number of nitrogens with zero attached hydrogens (tertiary/aromatic N) is 1. The third-order valence-electron chi connectivity index (χ3n) is 5.24. The number of hydrazone groups is 1. The number of esters is 2. The highest BCUT2D eigenvalue weighted by Gasteiger charge is 2.45. The average molecular weight is 511 g/mol. The molecule has 0 amide bonds. The fourth-order valence-corrected chi connectivity index (χ4v) is 4.37. The maximum absolute atomic E-state index is 12.9. The number of carbonyl (C=O) groups excluding carboxylic acids is 2. The van der Waals surface area contributed by atoms with E-state index >= 15 is 0 Å². The maximum atomic E-state index is 12.9. The summed E-state index contributed by atoms with van der Waals surface area (Å²) >= 11 is 0. The Kier molecular flexibility index (Phi) is 9.59. The molecule has 4 atom stereocenters. The topological polar surface area (TPSA) is 130 Å². The van der Waals surface area contributed by atoms with Crippen LogP contribution < -0.4 is 4.83 Å². The van der Waals surface area contributed by atoms with Gasteiger partial charge in [-0.15, -0.1) is 6.58 Å². The molecule has 1 N–H and O–H groups in total. The van der Waals surface area contributed by atoms with Crippen molar-refractivity contribution in [2.75, 3.05) is 13.7 Å². The lowest BCUT2D eigenvalue weighted by atomic mass is 9.79. The summed E-state index contributed by atoms with van der Waals surface area (Å²) in [6, 6.07) is 6.27. The fraction of sp³-hybridized carbons (Fsp3) is 0.542. The first-order valence-corrected chi connectivity index (χ1v) is 12.6. The van der Waals surface area contributed by atoms with E-state index in [1.807, 2.05) is 6.92 Å². The van der Waals surface area contributed by atoms with E-state index in [1.54, 1.807) is 39.0 Å². The molecule has 0 aromatic heterocycles. The quantitative estimate of drug-likeness (QED) is 0.305. The molecule has 1 aliphatic rings. The Balaban J connectivity index is 2.52. The number of sulfonamides is 1. The predicted molar refractivity (Wildman–Crippen MR) is 129 cm³/mol. The van der Waals surface area contributed by atoms with E-state index in [4.69, 9.17) is 18.9 Å². The first-order chi connectivity index (χ1) is 16.3. The smallest absolute Gasteiger partial charge is 0.306 e. The van der Waals surface area contributed by atoms with Crippen molar-refractivity contribution < 1.29 is 37.0 Å². The Hall–Kier alpha value is -2.76. The van der Waals surface area contributed by atoms with Gasteiger partial charge in [-0.1, -0.05) is 23.8 Å². The van der Waals surface area contributed by atoms with Crippen molar-refractivity contribution in [3.8, 4) is 0 Å². The van der Waals surface area contributed by atoms with Crippen molar-refractivity contribution in [3.63, 3.8) is 0 Å². The van der Waals surface area contributed by atoms with Gasteiger partial charge in [0.25, 0.3) is 10.0 Å². The number of ether oxygens (including phenoxy) is 4. The van der Waals surface area contributed by atoms with Gasteiger partial charge in [-0.25, -0.2) is 0 Å². The van der Waals surface area contributed by atoms with Crippen molar-refractivity contribution in [2.45, 2.75) is 63.9 Å². The van der Waals surface area contributed by atoms with E-state index in [9.17, 15) is 18.0 Å². The molecule has 0 unspecified atom stereocenters. The molecule has 35 heavy (non-hydrogen) atoms. The lowest BCUT2D eigenvalue weighted by molar-refractivity contribution is -0.212. The minimum Gasteiger partial charge on any atom is -0.469 e. The van der Waals surface area contributed by atoms with Crippen LogP contribution in [0.25, 0.3) is 0 Å². The second-order valence-corrected chi connectivity index (χ2v) is 10.8. The predicted octanol–water partition coefficient (Wildman–Crippen LogP) is 2.71. The number of benzene rings is 1. The van der Waals surface area contributed by atoms with Crippen molar-refractivity contribution in [1.82, 2.24) is 4.83 Å². The van der Waals surface area contributed by atoms with E-state index in [1.165, 1.54) is 26.2 Å². The lowest BCUT2D eigenvalue weighted by Crippen LogP contribution is -2.53. The zero-order valence-corrected chi connectivity index (χ0v) is 21.8. The standard InChI is InChI=1S/C24H34N2O8S/c1-8-18-19(13-21(28)31-7)22(25-26-35(29,30)17-11-9-15(2)10-12-17)23(34-24(4,5)6)33-20(18)14-32-16(3)27/h8-12,18-20,23,26H,1,13-14H2,2-7H3/b25-22-/t18-,19+,20-,23-/m1/s1. The summed E-state index contributed by atoms with van der Waals surface area (Å²) in [5, 5.41) is 4.18. The first kappa shape index (κ1) is 28.5. The van der Waals surface area contributed by atoms with Gasteiger partial charge in [0.1, 0.15) is 12.7 Å². The van der Waals surface area contributed by atoms with Gasteiger partial charge in [0.15, 0.2) is 6.29 Å². The molecule has 2 rings (SSSR count). The fourth-order valence-electron chi connectivity index (χ4n) is 3.55.